The molecular formula is C3H6ClNO. The zero-order valence-electron chi connectivity index (χ0n) is 3.43. The molecular weight excluding hydrogens is 101 g/mol. The van der Waals surface area contributed by atoms with Crippen molar-refractivity contribution in [2.75, 3.05) is 0 Å². The van der Waals surface area contributed by atoms with Crippen LogP contribution >= 0.6 is 11.6 Å². The summed E-state index contributed by atoms with van der Waals surface area (Å²) in [5, 5.41) is 10.2. The first-order valence-corrected chi connectivity index (χ1v) is 2.02. The molecule has 0 bridgehead atoms. The SMILES string of the molecule is C[C@H](Cl)/C=N/O. The molecule has 0 aromatic carbocycles. The van der Waals surface area contributed by atoms with Crippen molar-refractivity contribution in [3.05, 3.63) is 0 Å². The van der Waals surface area contributed by atoms with Crippen molar-refractivity contribution in [3.63, 3.8) is 0 Å². The maximum Gasteiger partial charge on any atom is 0.0693 e. The van der Waals surface area contributed by atoms with Gasteiger partial charge in [0.1, 0.15) is 0 Å². The third kappa shape index (κ3) is 3.76. The molecule has 0 saturated heterocycles. The summed E-state index contributed by atoms with van der Waals surface area (Å²) in [6.45, 7) is 1.71. The number of oxime groups is 1. The molecule has 0 saturated carbocycles. The van der Waals surface area contributed by atoms with E-state index in [1.54, 1.807) is 6.92 Å². The van der Waals surface area contributed by atoms with E-state index in [1.807, 2.05) is 0 Å². The van der Waals surface area contributed by atoms with Gasteiger partial charge in [0.15, 0.2) is 0 Å². The highest BCUT2D eigenvalue weighted by molar-refractivity contribution is 6.27. The normalized spacial score (nSPS) is 15.7. The summed E-state index contributed by atoms with van der Waals surface area (Å²) in [5.74, 6) is 0. The Labute approximate surface area is 41.4 Å². The third-order valence-corrected chi connectivity index (χ3v) is 0.385. The van der Waals surface area contributed by atoms with Crippen molar-refractivity contribution in [2.45, 2.75) is 12.3 Å². The molecule has 1 N–H and O–H groups in total. The van der Waals surface area contributed by atoms with Crippen LogP contribution in [0.15, 0.2) is 5.16 Å². The van der Waals surface area contributed by atoms with Crippen LogP contribution < -0.4 is 0 Å². The number of hydrogen-bond donors (Lipinski definition) is 1. The first-order valence-electron chi connectivity index (χ1n) is 1.59. The van der Waals surface area contributed by atoms with E-state index < -0.39 is 0 Å². The molecule has 2 nitrogen and oxygen atoms in total. The second-order valence-corrected chi connectivity index (χ2v) is 1.63. The molecule has 1 atom stereocenters. The van der Waals surface area contributed by atoms with E-state index >= 15 is 0 Å². The Morgan fingerprint density at radius 3 is 2.50 bits per heavy atom. The number of hydrogen-bond acceptors (Lipinski definition) is 2. The Balaban J connectivity index is 3.03. The monoisotopic (exact) mass is 107 g/mol. The zero-order chi connectivity index (χ0) is 4.99. The zero-order valence-corrected chi connectivity index (χ0v) is 4.18. The third-order valence-electron chi connectivity index (χ3n) is 0.272. The fourth-order valence-corrected chi connectivity index (χ4v) is 0.142. The molecule has 0 heterocycles. The van der Waals surface area contributed by atoms with Crippen LogP contribution in [0.1, 0.15) is 6.92 Å². The fraction of sp³-hybridized carbons (Fsp3) is 0.667. The van der Waals surface area contributed by atoms with Gasteiger partial charge in [0.05, 0.1) is 11.6 Å². The number of nitrogens with zero attached hydrogens (tertiary/aromatic N) is 1. The smallest absolute Gasteiger partial charge is 0.0693 e. The van der Waals surface area contributed by atoms with Crippen LogP contribution in [0.2, 0.25) is 0 Å². The maximum atomic E-state index is 7.72. The second kappa shape index (κ2) is 2.97. The highest BCUT2D eigenvalue weighted by Crippen LogP contribution is 1.84. The predicted molar refractivity (Wildman–Crippen MR) is 25.6 cm³/mol. The minimum atomic E-state index is -0.171. The topological polar surface area (TPSA) is 32.6 Å². The van der Waals surface area contributed by atoms with Gasteiger partial charge in [0, 0.05) is 0 Å². The summed E-state index contributed by atoms with van der Waals surface area (Å²) in [7, 11) is 0. The molecule has 0 fully saturated rings. The summed E-state index contributed by atoms with van der Waals surface area (Å²) in [6, 6.07) is 0. The van der Waals surface area contributed by atoms with Crippen LogP contribution in [0.5, 0.6) is 0 Å². The Morgan fingerprint density at radius 2 is 2.50 bits per heavy atom. The van der Waals surface area contributed by atoms with E-state index in [0.29, 0.717) is 0 Å². The molecule has 0 radical (unpaired) electrons. The van der Waals surface area contributed by atoms with E-state index in [1.165, 1.54) is 6.21 Å². The van der Waals surface area contributed by atoms with Crippen LogP contribution in [-0.4, -0.2) is 16.8 Å². The quantitative estimate of drug-likeness (QED) is 0.231. The highest BCUT2D eigenvalue weighted by Gasteiger charge is 1.83. The Morgan fingerprint density at radius 1 is 2.00 bits per heavy atom. The van der Waals surface area contributed by atoms with Gasteiger partial charge in [-0.15, -0.1) is 16.8 Å². The molecule has 0 aromatic rings. The van der Waals surface area contributed by atoms with Crippen molar-refractivity contribution < 1.29 is 5.21 Å². The van der Waals surface area contributed by atoms with Crippen molar-refractivity contribution in [2.24, 2.45) is 5.16 Å². The summed E-state index contributed by atoms with van der Waals surface area (Å²) in [5.41, 5.74) is 0. The molecule has 0 unspecified atom stereocenters. The Kier molecular flexibility index (Phi) is 2.85. The molecule has 0 spiro atoms. The van der Waals surface area contributed by atoms with Gasteiger partial charge < -0.3 is 5.21 Å². The van der Waals surface area contributed by atoms with Gasteiger partial charge in [0.25, 0.3) is 0 Å². The van der Waals surface area contributed by atoms with Crippen molar-refractivity contribution in [3.8, 4) is 0 Å². The molecule has 0 aromatic heterocycles. The minimum absolute atomic E-state index is 0.171. The van der Waals surface area contributed by atoms with E-state index in [4.69, 9.17) is 16.8 Å². The molecule has 0 aliphatic carbocycles. The van der Waals surface area contributed by atoms with E-state index in [9.17, 15) is 0 Å². The number of alkyl halides is 1. The molecule has 0 aliphatic heterocycles. The first kappa shape index (κ1) is 5.76. The minimum Gasteiger partial charge on any atom is -0.411 e. The van der Waals surface area contributed by atoms with Crippen molar-refractivity contribution in [1.82, 2.24) is 0 Å². The lowest BCUT2D eigenvalue weighted by Gasteiger charge is -1.81. The molecule has 0 aliphatic rings. The maximum absolute atomic E-state index is 7.72. The lowest BCUT2D eigenvalue weighted by molar-refractivity contribution is 0.320. The molecule has 3 heteroatoms. The standard InChI is InChI=1S/C3H6ClNO/c1-3(4)2-5-6/h2-3,6H,1H3/b5-2+/t3-/m0/s1. The van der Waals surface area contributed by atoms with E-state index in [2.05, 4.69) is 5.16 Å². The van der Waals surface area contributed by atoms with Gasteiger partial charge in [-0.1, -0.05) is 0 Å². The summed E-state index contributed by atoms with van der Waals surface area (Å²) in [6.07, 6.45) is 1.24. The van der Waals surface area contributed by atoms with Gasteiger partial charge in [-0.05, 0) is 6.92 Å². The van der Waals surface area contributed by atoms with Crippen LogP contribution in [0.4, 0.5) is 0 Å². The number of halogens is 1. The van der Waals surface area contributed by atoms with Gasteiger partial charge in [-0.25, -0.2) is 0 Å². The van der Waals surface area contributed by atoms with Crippen LogP contribution in [0.3, 0.4) is 0 Å². The van der Waals surface area contributed by atoms with Gasteiger partial charge in [-0.3, -0.25) is 0 Å². The van der Waals surface area contributed by atoms with Gasteiger partial charge in [0.2, 0.25) is 0 Å². The predicted octanol–water partition coefficient (Wildman–Crippen LogP) is 1.07. The summed E-state index contributed by atoms with van der Waals surface area (Å²) in [4.78, 5) is 0. The lowest BCUT2D eigenvalue weighted by Crippen LogP contribution is -1.88. The molecule has 36 valence electrons. The Hall–Kier alpha value is -0.240. The van der Waals surface area contributed by atoms with Crippen molar-refractivity contribution >= 4 is 17.8 Å². The van der Waals surface area contributed by atoms with E-state index in [0.717, 1.165) is 0 Å². The van der Waals surface area contributed by atoms with E-state index in [-0.39, 0.29) is 5.38 Å². The fourth-order valence-electron chi connectivity index (χ4n) is 0.0919. The first-order chi connectivity index (χ1) is 2.77. The van der Waals surface area contributed by atoms with Gasteiger partial charge in [-0.2, -0.15) is 0 Å². The van der Waals surface area contributed by atoms with Gasteiger partial charge >= 0.3 is 0 Å². The molecule has 6 heavy (non-hydrogen) atoms. The molecule has 0 amide bonds. The largest absolute Gasteiger partial charge is 0.411 e. The average Bonchev–Trinajstić information content (AvgIpc) is 1.35. The van der Waals surface area contributed by atoms with Crippen molar-refractivity contribution in [1.29, 1.82) is 0 Å². The summed E-state index contributed by atoms with van der Waals surface area (Å²) < 4.78 is 0. The lowest BCUT2D eigenvalue weighted by atomic mass is 10.5. The summed E-state index contributed by atoms with van der Waals surface area (Å²) >= 11 is 5.27. The molecule has 0 rings (SSSR count). The number of rotatable bonds is 1. The Bertz CT molecular complexity index is 52.8. The van der Waals surface area contributed by atoms with Crippen LogP contribution in [-0.2, 0) is 0 Å². The van der Waals surface area contributed by atoms with Crippen LogP contribution in [0, 0.1) is 0 Å². The van der Waals surface area contributed by atoms with Crippen LogP contribution in [0.25, 0.3) is 0 Å². The second-order valence-electron chi connectivity index (χ2n) is 0.942. The highest BCUT2D eigenvalue weighted by atomic mass is 35.5. The average molecular weight is 108 g/mol.